The lowest BCUT2D eigenvalue weighted by molar-refractivity contribution is 1.50. The van der Waals surface area contributed by atoms with E-state index in [1.807, 2.05) is 0 Å². The Morgan fingerprint density at radius 2 is 2.11 bits per heavy atom. The van der Waals surface area contributed by atoms with Gasteiger partial charge in [-0.1, -0.05) is 22.9 Å². The van der Waals surface area contributed by atoms with Gasteiger partial charge in [0.25, 0.3) is 0 Å². The molecule has 0 aliphatic carbocycles. The van der Waals surface area contributed by atoms with Crippen LogP contribution >= 0.6 is 22.6 Å². The Morgan fingerprint density at radius 3 is 2.56 bits per heavy atom. The zero-order chi connectivity index (χ0) is 6.85. The molecule has 0 atom stereocenters. The highest BCUT2D eigenvalue weighted by molar-refractivity contribution is 14.1. The van der Waals surface area contributed by atoms with Gasteiger partial charge >= 0.3 is 0 Å². The van der Waals surface area contributed by atoms with E-state index in [0.717, 1.165) is 0 Å². The fraction of sp³-hybridized carbons (Fsp3) is 0.143. The number of hydrogen-bond acceptors (Lipinski definition) is 0. The monoisotopic (exact) mass is 245 g/mol. The van der Waals surface area contributed by atoms with Crippen LogP contribution in [0.4, 0.5) is 0 Å². The summed E-state index contributed by atoms with van der Waals surface area (Å²) >= 11 is 2.30. The summed E-state index contributed by atoms with van der Waals surface area (Å²) in [4.78, 5) is 0. The SMILES string of the molecule is Cc1cccc(I)c1[Si]. The topological polar surface area (TPSA) is 0 Å². The third-order valence-corrected chi connectivity index (χ3v) is 3.29. The van der Waals surface area contributed by atoms with Gasteiger partial charge in [0, 0.05) is 3.57 Å². The predicted octanol–water partition coefficient (Wildman–Crippen LogP) is 1.39. The first-order valence-corrected chi connectivity index (χ1v) is 4.26. The zero-order valence-electron chi connectivity index (χ0n) is 5.11. The van der Waals surface area contributed by atoms with Crippen molar-refractivity contribution in [3.63, 3.8) is 0 Å². The molecule has 1 aromatic rings. The zero-order valence-corrected chi connectivity index (χ0v) is 8.27. The summed E-state index contributed by atoms with van der Waals surface area (Å²) < 4.78 is 1.27. The largest absolute Gasteiger partial charge is 0.0730 e. The van der Waals surface area contributed by atoms with Gasteiger partial charge in [-0.15, -0.1) is 0 Å². The summed E-state index contributed by atoms with van der Waals surface area (Å²) in [5, 5.41) is 1.21. The maximum atomic E-state index is 3.52. The average molecular weight is 245 g/mol. The summed E-state index contributed by atoms with van der Waals surface area (Å²) in [5.74, 6) is 0. The molecule has 45 valence electrons. The first kappa shape index (κ1) is 7.28. The smallest absolute Gasteiger partial charge is 0.0610 e. The van der Waals surface area contributed by atoms with E-state index in [-0.39, 0.29) is 0 Å². The van der Waals surface area contributed by atoms with Gasteiger partial charge in [0.15, 0.2) is 0 Å². The van der Waals surface area contributed by atoms with Crippen LogP contribution in [0.15, 0.2) is 18.2 Å². The van der Waals surface area contributed by atoms with Crippen LogP contribution < -0.4 is 5.19 Å². The van der Waals surface area contributed by atoms with E-state index in [1.165, 1.54) is 14.3 Å². The maximum Gasteiger partial charge on any atom is 0.0730 e. The molecule has 9 heavy (non-hydrogen) atoms. The van der Waals surface area contributed by atoms with Crippen molar-refractivity contribution in [1.82, 2.24) is 0 Å². The maximum absolute atomic E-state index is 3.52. The molecule has 0 aliphatic rings. The fourth-order valence-corrected chi connectivity index (χ4v) is 1.43. The van der Waals surface area contributed by atoms with Crippen molar-refractivity contribution < 1.29 is 0 Å². The van der Waals surface area contributed by atoms with Crippen LogP contribution in [0.1, 0.15) is 5.56 Å². The molecule has 0 aromatic heterocycles. The van der Waals surface area contributed by atoms with Gasteiger partial charge < -0.3 is 0 Å². The molecule has 1 rings (SSSR count). The summed E-state index contributed by atoms with van der Waals surface area (Å²) in [7, 11) is 3.52. The third-order valence-electron chi connectivity index (χ3n) is 1.22. The minimum Gasteiger partial charge on any atom is -0.0610 e. The van der Waals surface area contributed by atoms with E-state index in [2.05, 4.69) is 58.0 Å². The Hall–Kier alpha value is 0.167. The molecule has 0 bridgehead atoms. The number of halogens is 1. The van der Waals surface area contributed by atoms with Gasteiger partial charge in [-0.05, 0) is 35.6 Å². The molecule has 0 nitrogen and oxygen atoms in total. The molecule has 0 N–H and O–H groups in total. The lowest BCUT2D eigenvalue weighted by Gasteiger charge is -1.99. The molecule has 0 unspecified atom stereocenters. The van der Waals surface area contributed by atoms with E-state index in [1.54, 1.807) is 0 Å². The molecule has 0 amide bonds. The van der Waals surface area contributed by atoms with Gasteiger partial charge in [-0.25, -0.2) is 0 Å². The Bertz CT molecular complexity index is 200. The van der Waals surface area contributed by atoms with E-state index in [9.17, 15) is 0 Å². The molecule has 0 fully saturated rings. The van der Waals surface area contributed by atoms with Crippen LogP contribution in [0.5, 0.6) is 0 Å². The molecule has 0 aliphatic heterocycles. The van der Waals surface area contributed by atoms with Gasteiger partial charge in [-0.3, -0.25) is 0 Å². The number of rotatable bonds is 0. The predicted molar refractivity (Wildman–Crippen MR) is 49.3 cm³/mol. The highest BCUT2D eigenvalue weighted by atomic mass is 127. The quantitative estimate of drug-likeness (QED) is 0.478. The van der Waals surface area contributed by atoms with Crippen molar-refractivity contribution >= 4 is 38.0 Å². The van der Waals surface area contributed by atoms with Gasteiger partial charge in [0.1, 0.15) is 0 Å². The molecule has 3 radical (unpaired) electrons. The summed E-state index contributed by atoms with van der Waals surface area (Å²) in [6.45, 7) is 2.09. The Labute approximate surface area is 72.2 Å². The van der Waals surface area contributed by atoms with Crippen molar-refractivity contribution in [3.8, 4) is 0 Å². The van der Waals surface area contributed by atoms with Crippen molar-refractivity contribution in [2.24, 2.45) is 0 Å². The Morgan fingerprint density at radius 1 is 1.44 bits per heavy atom. The Kier molecular flexibility index (Phi) is 2.29. The van der Waals surface area contributed by atoms with E-state index in [0.29, 0.717) is 0 Å². The molecule has 0 saturated carbocycles. The second-order valence-corrected chi connectivity index (χ2v) is 3.59. The molecular weight excluding hydrogens is 239 g/mol. The van der Waals surface area contributed by atoms with Crippen molar-refractivity contribution in [1.29, 1.82) is 0 Å². The molecule has 0 saturated heterocycles. The van der Waals surface area contributed by atoms with Gasteiger partial charge in [0.2, 0.25) is 0 Å². The first-order valence-electron chi connectivity index (χ1n) is 2.68. The van der Waals surface area contributed by atoms with Crippen LogP contribution in [0.25, 0.3) is 0 Å². The first-order chi connectivity index (χ1) is 4.22. The van der Waals surface area contributed by atoms with Crippen molar-refractivity contribution in [3.05, 3.63) is 27.3 Å². The normalized spacial score (nSPS) is 9.67. The molecule has 2 heteroatoms. The minimum absolute atomic E-state index is 1.21. The lowest BCUT2D eigenvalue weighted by atomic mass is 10.2. The van der Waals surface area contributed by atoms with Crippen LogP contribution in [-0.4, -0.2) is 10.2 Å². The van der Waals surface area contributed by atoms with Crippen LogP contribution in [-0.2, 0) is 0 Å². The lowest BCUT2D eigenvalue weighted by Crippen LogP contribution is -2.10. The van der Waals surface area contributed by atoms with Gasteiger partial charge in [0.05, 0.1) is 10.2 Å². The summed E-state index contributed by atoms with van der Waals surface area (Å²) in [5.41, 5.74) is 1.29. The molecule has 1 aromatic carbocycles. The second kappa shape index (κ2) is 2.83. The third kappa shape index (κ3) is 1.55. The molecule has 0 spiro atoms. The molecule has 0 heterocycles. The fourth-order valence-electron chi connectivity index (χ4n) is 0.632. The Balaban J connectivity index is 3.25. The second-order valence-electron chi connectivity index (χ2n) is 1.93. The van der Waals surface area contributed by atoms with E-state index < -0.39 is 0 Å². The number of aryl methyl sites for hydroxylation is 1. The molecular formula is C7H6ISi. The highest BCUT2D eigenvalue weighted by Gasteiger charge is 1.93. The van der Waals surface area contributed by atoms with Crippen molar-refractivity contribution in [2.75, 3.05) is 0 Å². The number of benzene rings is 1. The standard InChI is InChI=1S/C7H6ISi/c1-5-3-2-4-6(8)7(5)9/h2-4H,1H3. The highest BCUT2D eigenvalue weighted by Crippen LogP contribution is 2.01. The minimum atomic E-state index is 1.21. The van der Waals surface area contributed by atoms with E-state index >= 15 is 0 Å². The summed E-state index contributed by atoms with van der Waals surface area (Å²) in [6, 6.07) is 6.22. The van der Waals surface area contributed by atoms with Crippen molar-refractivity contribution in [2.45, 2.75) is 6.92 Å². The van der Waals surface area contributed by atoms with Crippen LogP contribution in [0.3, 0.4) is 0 Å². The van der Waals surface area contributed by atoms with Crippen LogP contribution in [0, 0.1) is 10.5 Å². The summed E-state index contributed by atoms with van der Waals surface area (Å²) in [6.07, 6.45) is 0. The number of hydrogen-bond donors (Lipinski definition) is 0. The van der Waals surface area contributed by atoms with E-state index in [4.69, 9.17) is 0 Å². The average Bonchev–Trinajstić information content (AvgIpc) is 1.83. The van der Waals surface area contributed by atoms with Gasteiger partial charge in [-0.2, -0.15) is 0 Å². The van der Waals surface area contributed by atoms with Crippen LogP contribution in [0.2, 0.25) is 0 Å².